The Hall–Kier alpha value is -3.01. The van der Waals surface area contributed by atoms with Crippen LogP contribution in [0.4, 0.5) is 5.69 Å². The van der Waals surface area contributed by atoms with Gasteiger partial charge in [0.2, 0.25) is 0 Å². The first kappa shape index (κ1) is 17.8. The van der Waals surface area contributed by atoms with Gasteiger partial charge in [-0.1, -0.05) is 6.07 Å². The summed E-state index contributed by atoms with van der Waals surface area (Å²) >= 11 is 2.14. The maximum atomic E-state index is 12.1. The molecular weight excluding hydrogens is 447 g/mol. The van der Waals surface area contributed by atoms with Gasteiger partial charge in [0.1, 0.15) is 0 Å². The summed E-state index contributed by atoms with van der Waals surface area (Å²) in [6, 6.07) is 17.0. The largest absolute Gasteiger partial charge is 0.316 e. The van der Waals surface area contributed by atoms with Crippen molar-refractivity contribution in [2.45, 2.75) is 0 Å². The summed E-state index contributed by atoms with van der Waals surface area (Å²) in [4.78, 5) is 22.4. The highest BCUT2D eigenvalue weighted by atomic mass is 127. The van der Waals surface area contributed by atoms with Crippen LogP contribution in [0.3, 0.4) is 0 Å². The van der Waals surface area contributed by atoms with E-state index in [0.717, 1.165) is 15.0 Å². The molecule has 8 heteroatoms. The van der Waals surface area contributed by atoms with Crippen molar-refractivity contribution in [2.75, 3.05) is 0 Å². The molecule has 0 fully saturated rings. The number of hydrazone groups is 1. The second-order valence-electron chi connectivity index (χ2n) is 5.29. The highest BCUT2D eigenvalue weighted by molar-refractivity contribution is 14.1. The number of nitrogens with one attached hydrogen (secondary N) is 1. The summed E-state index contributed by atoms with van der Waals surface area (Å²) in [5, 5.41) is 14.7. The third-order valence-electron chi connectivity index (χ3n) is 3.57. The molecule has 2 aromatic carbocycles. The first-order valence-electron chi connectivity index (χ1n) is 7.56. The van der Waals surface area contributed by atoms with Crippen LogP contribution in [-0.2, 0) is 0 Å². The smallest absolute Gasteiger partial charge is 0.271 e. The van der Waals surface area contributed by atoms with E-state index in [4.69, 9.17) is 0 Å². The lowest BCUT2D eigenvalue weighted by Gasteiger charge is -2.06. The third-order valence-corrected chi connectivity index (χ3v) is 4.24. The van der Waals surface area contributed by atoms with Crippen molar-refractivity contribution < 1.29 is 9.72 Å². The van der Waals surface area contributed by atoms with Crippen LogP contribution in [0.25, 0.3) is 5.69 Å². The molecule has 1 N–H and O–H groups in total. The average Bonchev–Trinajstić information content (AvgIpc) is 3.10. The van der Waals surface area contributed by atoms with Crippen molar-refractivity contribution >= 4 is 40.4 Å². The van der Waals surface area contributed by atoms with Crippen LogP contribution in [0, 0.1) is 13.7 Å². The fraction of sp³-hybridized carbons (Fsp3) is 0. The lowest BCUT2D eigenvalue weighted by Crippen LogP contribution is -2.17. The Bertz CT molecular complexity index is 980. The highest BCUT2D eigenvalue weighted by Gasteiger charge is 2.07. The molecular formula is C18H13IN4O3. The van der Waals surface area contributed by atoms with E-state index in [2.05, 4.69) is 33.1 Å². The quantitative estimate of drug-likeness (QED) is 0.272. The molecule has 0 bridgehead atoms. The minimum absolute atomic E-state index is 0.0286. The number of nitro benzene ring substituents is 1. The van der Waals surface area contributed by atoms with Gasteiger partial charge in [-0.3, -0.25) is 14.9 Å². The van der Waals surface area contributed by atoms with Crippen LogP contribution >= 0.6 is 22.6 Å². The Morgan fingerprint density at radius 1 is 1.15 bits per heavy atom. The first-order valence-corrected chi connectivity index (χ1v) is 8.63. The summed E-state index contributed by atoms with van der Waals surface area (Å²) in [6.07, 6.45) is 3.33. The Kier molecular flexibility index (Phi) is 5.42. The fourth-order valence-electron chi connectivity index (χ4n) is 2.32. The molecule has 0 aliphatic rings. The van der Waals surface area contributed by atoms with Crippen molar-refractivity contribution in [1.82, 2.24) is 9.99 Å². The lowest BCUT2D eigenvalue weighted by atomic mass is 10.2. The van der Waals surface area contributed by atoms with Gasteiger partial charge in [0.15, 0.2) is 0 Å². The van der Waals surface area contributed by atoms with Crippen LogP contribution in [0.15, 0.2) is 72.0 Å². The van der Waals surface area contributed by atoms with Crippen LogP contribution < -0.4 is 5.43 Å². The van der Waals surface area contributed by atoms with E-state index in [-0.39, 0.29) is 11.6 Å². The van der Waals surface area contributed by atoms with Crippen molar-refractivity contribution in [1.29, 1.82) is 0 Å². The molecule has 0 aliphatic carbocycles. The van der Waals surface area contributed by atoms with E-state index in [1.807, 2.05) is 29.0 Å². The lowest BCUT2D eigenvalue weighted by molar-refractivity contribution is -0.384. The molecule has 0 atom stereocenters. The standard InChI is InChI=1S/C18H13IN4O3/c19-14-4-1-3-13(11-14)18(24)21-20-12-17-5-2-10-22(17)15-6-8-16(9-7-15)23(25)26/h1-12H,(H,21,24)/b20-12-. The number of carbonyl (C=O) groups is 1. The summed E-state index contributed by atoms with van der Waals surface area (Å²) < 4.78 is 2.77. The van der Waals surface area contributed by atoms with Gasteiger partial charge in [0, 0.05) is 33.2 Å². The Labute approximate surface area is 162 Å². The highest BCUT2D eigenvalue weighted by Crippen LogP contribution is 2.17. The molecule has 130 valence electrons. The van der Waals surface area contributed by atoms with Crippen molar-refractivity contribution in [3.8, 4) is 5.69 Å². The van der Waals surface area contributed by atoms with E-state index < -0.39 is 4.92 Å². The van der Waals surface area contributed by atoms with E-state index in [0.29, 0.717) is 5.56 Å². The zero-order valence-corrected chi connectivity index (χ0v) is 15.5. The molecule has 1 amide bonds. The fourth-order valence-corrected chi connectivity index (χ4v) is 2.86. The number of amides is 1. The minimum atomic E-state index is -0.442. The summed E-state index contributed by atoms with van der Waals surface area (Å²) in [5.74, 6) is -0.298. The molecule has 0 aliphatic heterocycles. The van der Waals surface area contributed by atoms with E-state index in [1.54, 1.807) is 30.3 Å². The number of aromatic nitrogens is 1. The number of hydrogen-bond acceptors (Lipinski definition) is 4. The number of rotatable bonds is 5. The number of hydrogen-bond donors (Lipinski definition) is 1. The molecule has 26 heavy (non-hydrogen) atoms. The minimum Gasteiger partial charge on any atom is -0.316 e. The normalized spacial score (nSPS) is 10.8. The molecule has 0 unspecified atom stereocenters. The molecule has 3 aromatic rings. The Balaban J connectivity index is 1.73. The Morgan fingerprint density at radius 2 is 1.92 bits per heavy atom. The van der Waals surface area contributed by atoms with Gasteiger partial charge < -0.3 is 4.57 Å². The molecule has 3 rings (SSSR count). The van der Waals surface area contributed by atoms with Gasteiger partial charge in [-0.15, -0.1) is 0 Å². The predicted octanol–water partition coefficient (Wildman–Crippen LogP) is 3.75. The maximum Gasteiger partial charge on any atom is 0.271 e. The maximum absolute atomic E-state index is 12.1. The molecule has 0 radical (unpaired) electrons. The van der Waals surface area contributed by atoms with Gasteiger partial charge in [-0.25, -0.2) is 5.43 Å². The van der Waals surface area contributed by atoms with Crippen LogP contribution in [0.5, 0.6) is 0 Å². The number of carbonyl (C=O) groups excluding carboxylic acids is 1. The Morgan fingerprint density at radius 3 is 2.62 bits per heavy atom. The molecule has 0 spiro atoms. The zero-order valence-electron chi connectivity index (χ0n) is 13.4. The van der Waals surface area contributed by atoms with E-state index in [1.165, 1.54) is 18.3 Å². The zero-order chi connectivity index (χ0) is 18.5. The van der Waals surface area contributed by atoms with Crippen molar-refractivity contribution in [3.63, 3.8) is 0 Å². The molecule has 0 saturated carbocycles. The SMILES string of the molecule is O=C(N/N=C\c1cccn1-c1ccc([N+](=O)[O-])cc1)c1cccc(I)c1. The van der Waals surface area contributed by atoms with Gasteiger partial charge >= 0.3 is 0 Å². The summed E-state index contributed by atoms with van der Waals surface area (Å²) in [6.45, 7) is 0. The molecule has 0 saturated heterocycles. The monoisotopic (exact) mass is 460 g/mol. The van der Waals surface area contributed by atoms with E-state index >= 15 is 0 Å². The predicted molar refractivity (Wildman–Crippen MR) is 107 cm³/mol. The second kappa shape index (κ2) is 7.91. The second-order valence-corrected chi connectivity index (χ2v) is 6.53. The summed E-state index contributed by atoms with van der Waals surface area (Å²) in [5.41, 5.74) is 4.53. The van der Waals surface area contributed by atoms with Gasteiger partial charge in [0.25, 0.3) is 11.6 Å². The van der Waals surface area contributed by atoms with Gasteiger partial charge in [0.05, 0.1) is 16.8 Å². The number of nitro groups is 1. The van der Waals surface area contributed by atoms with Gasteiger partial charge in [-0.05, 0) is 65.1 Å². The summed E-state index contributed by atoms with van der Waals surface area (Å²) in [7, 11) is 0. The molecule has 7 nitrogen and oxygen atoms in total. The van der Waals surface area contributed by atoms with Crippen LogP contribution in [0.2, 0.25) is 0 Å². The molecule has 1 aromatic heterocycles. The van der Waals surface area contributed by atoms with Crippen molar-refractivity contribution in [2.24, 2.45) is 5.10 Å². The van der Waals surface area contributed by atoms with Crippen molar-refractivity contribution in [3.05, 3.63) is 91.8 Å². The van der Waals surface area contributed by atoms with Crippen LogP contribution in [0.1, 0.15) is 16.1 Å². The van der Waals surface area contributed by atoms with Crippen LogP contribution in [-0.4, -0.2) is 21.6 Å². The first-order chi connectivity index (χ1) is 12.5. The number of benzene rings is 2. The topological polar surface area (TPSA) is 89.5 Å². The third kappa shape index (κ3) is 4.14. The van der Waals surface area contributed by atoms with Gasteiger partial charge in [-0.2, -0.15) is 5.10 Å². The number of non-ortho nitro benzene ring substituents is 1. The number of halogens is 1. The number of nitrogens with zero attached hydrogens (tertiary/aromatic N) is 3. The average molecular weight is 460 g/mol. The van der Waals surface area contributed by atoms with E-state index in [9.17, 15) is 14.9 Å². The molecule has 1 heterocycles.